The highest BCUT2D eigenvalue weighted by Gasteiger charge is 2.14. The number of rotatable bonds is 2. The van der Waals surface area contributed by atoms with Crippen LogP contribution in [0.4, 0.5) is 11.9 Å². The molecule has 2 heterocycles. The largest absolute Gasteiger partial charge is 0.369 e. The lowest BCUT2D eigenvalue weighted by atomic mass is 10.2. The number of anilines is 2. The first-order valence-corrected chi connectivity index (χ1v) is 6.66. The molecule has 7 nitrogen and oxygen atoms in total. The summed E-state index contributed by atoms with van der Waals surface area (Å²) in [6.07, 6.45) is 0. The molecule has 108 valence electrons. The zero-order chi connectivity index (χ0) is 15.1. The standard InChI is InChI=1S/C12H10Cl2N6O/c13-6-2-1-5(3-7(6)14)4-20-9-8(17-12(20)16)10(21)19-11(15)18-9/h1-3H,4H2,(H2,16,17)(H3,15,18,19,21). The van der Waals surface area contributed by atoms with Gasteiger partial charge < -0.3 is 11.5 Å². The lowest BCUT2D eigenvalue weighted by molar-refractivity contribution is 0.827. The van der Waals surface area contributed by atoms with E-state index in [0.29, 0.717) is 22.2 Å². The Morgan fingerprint density at radius 3 is 2.67 bits per heavy atom. The quantitative estimate of drug-likeness (QED) is 0.662. The predicted molar refractivity (Wildman–Crippen MR) is 82.5 cm³/mol. The molecule has 0 aliphatic carbocycles. The molecule has 0 spiro atoms. The van der Waals surface area contributed by atoms with E-state index in [1.54, 1.807) is 22.8 Å². The third-order valence-electron chi connectivity index (χ3n) is 2.98. The van der Waals surface area contributed by atoms with Crippen LogP contribution in [0, 0.1) is 0 Å². The van der Waals surface area contributed by atoms with Crippen molar-refractivity contribution in [3.8, 4) is 0 Å². The van der Waals surface area contributed by atoms with Gasteiger partial charge in [0.15, 0.2) is 11.2 Å². The molecule has 0 aliphatic heterocycles. The van der Waals surface area contributed by atoms with Crippen molar-refractivity contribution < 1.29 is 0 Å². The first-order chi connectivity index (χ1) is 9.95. The molecule has 5 N–H and O–H groups in total. The van der Waals surface area contributed by atoms with Crippen LogP contribution in [-0.4, -0.2) is 19.5 Å². The monoisotopic (exact) mass is 324 g/mol. The second-order valence-electron chi connectivity index (χ2n) is 4.43. The van der Waals surface area contributed by atoms with Gasteiger partial charge in [-0.3, -0.25) is 14.3 Å². The summed E-state index contributed by atoms with van der Waals surface area (Å²) >= 11 is 11.9. The molecule has 0 saturated heterocycles. The molecular formula is C12H10Cl2N6O. The minimum Gasteiger partial charge on any atom is -0.369 e. The second kappa shape index (κ2) is 4.94. The Bertz CT molecular complexity index is 901. The zero-order valence-electron chi connectivity index (χ0n) is 10.6. The topological polar surface area (TPSA) is 116 Å². The number of fused-ring (bicyclic) bond motifs is 1. The van der Waals surface area contributed by atoms with Gasteiger partial charge in [-0.2, -0.15) is 4.98 Å². The van der Waals surface area contributed by atoms with Crippen molar-refractivity contribution in [2.75, 3.05) is 11.5 Å². The Balaban J connectivity index is 2.14. The van der Waals surface area contributed by atoms with Crippen LogP contribution in [0.2, 0.25) is 10.0 Å². The van der Waals surface area contributed by atoms with E-state index in [9.17, 15) is 4.79 Å². The van der Waals surface area contributed by atoms with Crippen molar-refractivity contribution in [1.82, 2.24) is 19.5 Å². The highest BCUT2D eigenvalue weighted by atomic mass is 35.5. The summed E-state index contributed by atoms with van der Waals surface area (Å²) in [4.78, 5) is 22.2. The summed E-state index contributed by atoms with van der Waals surface area (Å²) in [7, 11) is 0. The summed E-state index contributed by atoms with van der Waals surface area (Å²) in [6, 6.07) is 5.20. The van der Waals surface area contributed by atoms with E-state index in [-0.39, 0.29) is 17.4 Å². The smallest absolute Gasteiger partial charge is 0.280 e. The lowest BCUT2D eigenvalue weighted by Gasteiger charge is -2.07. The number of halogens is 2. The molecule has 9 heteroatoms. The van der Waals surface area contributed by atoms with Crippen molar-refractivity contribution >= 4 is 46.3 Å². The second-order valence-corrected chi connectivity index (χ2v) is 5.24. The molecule has 3 rings (SSSR count). The number of nitrogens with one attached hydrogen (secondary N) is 1. The van der Waals surface area contributed by atoms with Crippen LogP contribution < -0.4 is 17.0 Å². The van der Waals surface area contributed by atoms with Gasteiger partial charge in [-0.1, -0.05) is 29.3 Å². The third-order valence-corrected chi connectivity index (χ3v) is 3.72. The predicted octanol–water partition coefficient (Wildman–Crippen LogP) is 1.64. The zero-order valence-corrected chi connectivity index (χ0v) is 12.1. The molecule has 0 saturated carbocycles. The molecule has 21 heavy (non-hydrogen) atoms. The lowest BCUT2D eigenvalue weighted by Crippen LogP contribution is -2.12. The van der Waals surface area contributed by atoms with E-state index >= 15 is 0 Å². The molecule has 0 atom stereocenters. The fourth-order valence-electron chi connectivity index (χ4n) is 2.02. The van der Waals surface area contributed by atoms with E-state index < -0.39 is 5.56 Å². The van der Waals surface area contributed by atoms with Gasteiger partial charge >= 0.3 is 0 Å². The molecule has 0 fully saturated rings. The summed E-state index contributed by atoms with van der Waals surface area (Å²) in [5, 5.41) is 0.894. The number of nitrogens with two attached hydrogens (primary N) is 2. The van der Waals surface area contributed by atoms with Gasteiger partial charge in [0.2, 0.25) is 11.9 Å². The molecule has 2 aromatic heterocycles. The molecule has 1 aromatic carbocycles. The number of nitrogen functional groups attached to an aromatic ring is 2. The average Bonchev–Trinajstić information content (AvgIpc) is 2.72. The van der Waals surface area contributed by atoms with Crippen molar-refractivity contribution in [1.29, 1.82) is 0 Å². The summed E-state index contributed by atoms with van der Waals surface area (Å²) in [6.45, 7) is 0.342. The molecule has 0 radical (unpaired) electrons. The Morgan fingerprint density at radius 2 is 1.95 bits per heavy atom. The minimum absolute atomic E-state index is 0.00258. The average molecular weight is 325 g/mol. The summed E-state index contributed by atoms with van der Waals surface area (Å²) in [5.41, 5.74) is 12.3. The van der Waals surface area contributed by atoms with E-state index in [2.05, 4.69) is 15.0 Å². The Morgan fingerprint density at radius 1 is 1.19 bits per heavy atom. The van der Waals surface area contributed by atoms with Crippen LogP contribution >= 0.6 is 23.2 Å². The SMILES string of the molecule is Nc1nc2c(nc(N)n2Cc2ccc(Cl)c(Cl)c2)c(=O)[nH]1. The van der Waals surface area contributed by atoms with E-state index in [1.165, 1.54) is 0 Å². The molecule has 0 bridgehead atoms. The van der Waals surface area contributed by atoms with Crippen LogP contribution in [0.5, 0.6) is 0 Å². The first-order valence-electron chi connectivity index (χ1n) is 5.91. The highest BCUT2D eigenvalue weighted by Crippen LogP contribution is 2.24. The van der Waals surface area contributed by atoms with Crippen LogP contribution in [0.25, 0.3) is 11.2 Å². The summed E-state index contributed by atoms with van der Waals surface area (Å²) < 4.78 is 1.58. The normalized spacial score (nSPS) is 11.1. The maximum atomic E-state index is 11.8. The van der Waals surface area contributed by atoms with Crippen LogP contribution in [0.3, 0.4) is 0 Å². The van der Waals surface area contributed by atoms with Crippen molar-refractivity contribution in [3.05, 3.63) is 44.2 Å². The van der Waals surface area contributed by atoms with Crippen LogP contribution in [0.15, 0.2) is 23.0 Å². The number of imidazole rings is 1. The fraction of sp³-hybridized carbons (Fsp3) is 0.0833. The number of hydrogen-bond acceptors (Lipinski definition) is 5. The van der Waals surface area contributed by atoms with Crippen molar-refractivity contribution in [2.45, 2.75) is 6.54 Å². The highest BCUT2D eigenvalue weighted by molar-refractivity contribution is 6.42. The van der Waals surface area contributed by atoms with E-state index in [0.717, 1.165) is 5.56 Å². The number of hydrogen-bond donors (Lipinski definition) is 3. The summed E-state index contributed by atoms with van der Waals surface area (Å²) in [5.74, 6) is 0.169. The van der Waals surface area contributed by atoms with Crippen molar-refractivity contribution in [3.63, 3.8) is 0 Å². The number of H-pyrrole nitrogens is 1. The third kappa shape index (κ3) is 2.41. The maximum absolute atomic E-state index is 11.8. The van der Waals surface area contributed by atoms with E-state index in [1.807, 2.05) is 0 Å². The first kappa shape index (κ1) is 13.7. The van der Waals surface area contributed by atoms with Gasteiger partial charge in [0.25, 0.3) is 5.56 Å². The number of aromatic amines is 1. The number of aromatic nitrogens is 4. The maximum Gasteiger partial charge on any atom is 0.280 e. The minimum atomic E-state index is -0.433. The van der Waals surface area contributed by atoms with Gasteiger partial charge in [0.1, 0.15) is 0 Å². The Kier molecular flexibility index (Phi) is 3.23. The van der Waals surface area contributed by atoms with Gasteiger partial charge in [0.05, 0.1) is 16.6 Å². The van der Waals surface area contributed by atoms with Crippen LogP contribution in [-0.2, 0) is 6.54 Å². The fourth-order valence-corrected chi connectivity index (χ4v) is 2.34. The van der Waals surface area contributed by atoms with Crippen molar-refractivity contribution in [2.24, 2.45) is 0 Å². The number of nitrogens with zero attached hydrogens (tertiary/aromatic N) is 3. The number of benzene rings is 1. The van der Waals surface area contributed by atoms with Gasteiger partial charge in [-0.25, -0.2) is 4.98 Å². The molecular weight excluding hydrogens is 315 g/mol. The molecule has 0 aliphatic rings. The van der Waals surface area contributed by atoms with Gasteiger partial charge in [-0.15, -0.1) is 0 Å². The van der Waals surface area contributed by atoms with E-state index in [4.69, 9.17) is 34.7 Å². The van der Waals surface area contributed by atoms with Crippen LogP contribution in [0.1, 0.15) is 5.56 Å². The van der Waals surface area contributed by atoms with Gasteiger partial charge in [0, 0.05) is 0 Å². The molecule has 0 unspecified atom stereocenters. The molecule has 0 amide bonds. The van der Waals surface area contributed by atoms with Gasteiger partial charge in [-0.05, 0) is 17.7 Å². The molecule has 3 aromatic rings. The Hall–Kier alpha value is -2.25. The Labute approximate surface area is 128 Å².